The van der Waals surface area contributed by atoms with Gasteiger partial charge in [0.2, 0.25) is 0 Å². The van der Waals surface area contributed by atoms with Crippen molar-refractivity contribution in [3.8, 4) is 5.75 Å². The summed E-state index contributed by atoms with van der Waals surface area (Å²) >= 11 is 0. The molecule has 112 valence electrons. The minimum atomic E-state index is -0.531. The van der Waals surface area contributed by atoms with Crippen molar-refractivity contribution in [1.82, 2.24) is 4.98 Å². The summed E-state index contributed by atoms with van der Waals surface area (Å²) in [5.74, 6) is 0.633. The van der Waals surface area contributed by atoms with Crippen LogP contribution in [0.3, 0.4) is 0 Å². The van der Waals surface area contributed by atoms with Gasteiger partial charge < -0.3 is 14.0 Å². The highest BCUT2D eigenvalue weighted by atomic mass is 16.7. The number of hydrogen-bond acceptors (Lipinski definition) is 5. The smallest absolute Gasteiger partial charge is 0.491 e. The number of ether oxygens (including phenoxy) is 1. The van der Waals surface area contributed by atoms with E-state index >= 15 is 0 Å². The van der Waals surface area contributed by atoms with E-state index < -0.39 is 18.3 Å². The lowest BCUT2D eigenvalue weighted by atomic mass is 9.79. The van der Waals surface area contributed by atoms with Crippen LogP contribution in [0.15, 0.2) is 12.3 Å². The maximum atomic E-state index is 10.9. The molecule has 5 nitrogen and oxygen atoms in total. The van der Waals surface area contributed by atoms with Crippen molar-refractivity contribution >= 4 is 18.9 Å². The maximum absolute atomic E-state index is 10.9. The highest BCUT2D eigenvalue weighted by Crippen LogP contribution is 2.37. The summed E-state index contributed by atoms with van der Waals surface area (Å²) in [5, 5.41) is 0. The molecule has 1 aromatic heterocycles. The van der Waals surface area contributed by atoms with Gasteiger partial charge in [0, 0.05) is 17.7 Å². The number of carbonyl (C=O) groups excluding carboxylic acids is 1. The van der Waals surface area contributed by atoms with E-state index in [4.69, 9.17) is 14.0 Å². The zero-order chi connectivity index (χ0) is 15.3. The van der Waals surface area contributed by atoms with Crippen LogP contribution < -0.4 is 10.2 Å². The zero-order valence-corrected chi connectivity index (χ0v) is 12.9. The first-order valence-electron chi connectivity index (χ1n) is 7.30. The molecular formula is C15H20BNO4. The minimum Gasteiger partial charge on any atom is -0.491 e. The molecule has 1 aliphatic carbocycles. The first-order chi connectivity index (χ1) is 9.82. The molecule has 0 unspecified atom stereocenters. The highest BCUT2D eigenvalue weighted by molar-refractivity contribution is 6.63. The molecule has 2 fully saturated rings. The molecular weight excluding hydrogens is 269 g/mol. The Labute approximate surface area is 125 Å². The van der Waals surface area contributed by atoms with Crippen LogP contribution >= 0.6 is 0 Å². The van der Waals surface area contributed by atoms with Gasteiger partial charge in [-0.2, -0.15) is 0 Å². The lowest BCUT2D eigenvalue weighted by Crippen LogP contribution is -2.41. The number of carbonyl (C=O) groups is 1. The Balaban J connectivity index is 1.92. The van der Waals surface area contributed by atoms with E-state index in [-0.39, 0.29) is 6.10 Å². The molecule has 0 aromatic carbocycles. The van der Waals surface area contributed by atoms with Gasteiger partial charge in [0.1, 0.15) is 11.4 Å². The first kappa shape index (κ1) is 14.5. The van der Waals surface area contributed by atoms with E-state index in [0.29, 0.717) is 17.7 Å². The normalized spacial score (nSPS) is 23.1. The lowest BCUT2D eigenvalue weighted by molar-refractivity contribution is 0.00578. The zero-order valence-electron chi connectivity index (χ0n) is 12.9. The molecule has 2 aliphatic rings. The van der Waals surface area contributed by atoms with Crippen LogP contribution in [0.5, 0.6) is 5.75 Å². The summed E-state index contributed by atoms with van der Waals surface area (Å²) in [6.45, 7) is 8.01. The summed E-state index contributed by atoms with van der Waals surface area (Å²) in [4.78, 5) is 15.0. The monoisotopic (exact) mass is 289 g/mol. The fourth-order valence-electron chi connectivity index (χ4n) is 2.14. The quantitative estimate of drug-likeness (QED) is 0.624. The van der Waals surface area contributed by atoms with E-state index in [1.807, 2.05) is 27.7 Å². The van der Waals surface area contributed by atoms with Crippen molar-refractivity contribution in [2.75, 3.05) is 0 Å². The minimum absolute atomic E-state index is 0.230. The largest absolute Gasteiger partial charge is 0.500 e. The second-order valence-corrected chi connectivity index (χ2v) is 6.67. The van der Waals surface area contributed by atoms with Crippen LogP contribution in [0.1, 0.15) is 51.0 Å². The van der Waals surface area contributed by atoms with Gasteiger partial charge in [-0.3, -0.25) is 9.78 Å². The molecule has 1 saturated carbocycles. The summed E-state index contributed by atoms with van der Waals surface area (Å²) in [7, 11) is -0.531. The number of hydrogen-bond donors (Lipinski definition) is 0. The summed E-state index contributed by atoms with van der Waals surface area (Å²) in [6, 6.07) is 1.66. The summed E-state index contributed by atoms with van der Waals surface area (Å²) in [6.07, 6.45) is 4.65. The van der Waals surface area contributed by atoms with Crippen molar-refractivity contribution in [2.45, 2.75) is 57.8 Å². The van der Waals surface area contributed by atoms with Crippen molar-refractivity contribution in [3.05, 3.63) is 18.0 Å². The highest BCUT2D eigenvalue weighted by Gasteiger charge is 2.52. The van der Waals surface area contributed by atoms with Crippen molar-refractivity contribution in [1.29, 1.82) is 0 Å². The van der Waals surface area contributed by atoms with Crippen molar-refractivity contribution in [3.63, 3.8) is 0 Å². The standard InChI is InChI=1S/C15H20BNO4/c1-14(2)15(3,4)21-16(20-14)12-8-17-10(9-18)7-13(12)19-11-5-6-11/h7-9,11H,5-6H2,1-4H3. The van der Waals surface area contributed by atoms with Crippen LogP contribution in [0.25, 0.3) is 0 Å². The van der Waals surface area contributed by atoms with Gasteiger partial charge in [0.05, 0.1) is 17.3 Å². The molecule has 1 aromatic rings. The second kappa shape index (κ2) is 4.82. The third kappa shape index (κ3) is 2.70. The topological polar surface area (TPSA) is 57.7 Å². The third-order valence-electron chi connectivity index (χ3n) is 4.36. The summed E-state index contributed by atoms with van der Waals surface area (Å²) < 4.78 is 18.0. The Kier molecular flexibility index (Phi) is 3.33. The molecule has 0 radical (unpaired) electrons. The molecule has 0 spiro atoms. The predicted molar refractivity (Wildman–Crippen MR) is 79.0 cm³/mol. The molecule has 6 heteroatoms. The average Bonchev–Trinajstić information content (AvgIpc) is 3.17. The molecule has 3 rings (SSSR count). The van der Waals surface area contributed by atoms with E-state index in [9.17, 15) is 4.79 Å². The Hall–Kier alpha value is -1.40. The van der Waals surface area contributed by atoms with Crippen molar-refractivity contribution < 1.29 is 18.8 Å². The number of pyridine rings is 1. The van der Waals surface area contributed by atoms with Crippen LogP contribution in [0.4, 0.5) is 0 Å². The average molecular weight is 289 g/mol. The molecule has 0 N–H and O–H groups in total. The van der Waals surface area contributed by atoms with Gasteiger partial charge in [-0.15, -0.1) is 0 Å². The van der Waals surface area contributed by atoms with Crippen LogP contribution in [0, 0.1) is 0 Å². The van der Waals surface area contributed by atoms with Gasteiger partial charge in [0.15, 0.2) is 6.29 Å². The molecule has 1 saturated heterocycles. The molecule has 0 bridgehead atoms. The molecule has 0 amide bonds. The maximum Gasteiger partial charge on any atom is 0.500 e. The predicted octanol–water partition coefficient (Wildman–Crippen LogP) is 1.73. The van der Waals surface area contributed by atoms with E-state index in [0.717, 1.165) is 18.3 Å². The molecule has 0 atom stereocenters. The van der Waals surface area contributed by atoms with Crippen LogP contribution in [0.2, 0.25) is 0 Å². The van der Waals surface area contributed by atoms with Gasteiger partial charge in [-0.05, 0) is 40.5 Å². The fraction of sp³-hybridized carbons (Fsp3) is 0.600. The number of aldehydes is 1. The Morgan fingerprint density at radius 2 is 1.90 bits per heavy atom. The van der Waals surface area contributed by atoms with Gasteiger partial charge in [0.25, 0.3) is 0 Å². The molecule has 21 heavy (non-hydrogen) atoms. The van der Waals surface area contributed by atoms with Crippen LogP contribution in [-0.4, -0.2) is 35.7 Å². The Morgan fingerprint density at radius 1 is 1.29 bits per heavy atom. The number of nitrogens with zero attached hydrogens (tertiary/aromatic N) is 1. The van der Waals surface area contributed by atoms with Crippen LogP contribution in [-0.2, 0) is 9.31 Å². The second-order valence-electron chi connectivity index (χ2n) is 6.67. The van der Waals surface area contributed by atoms with E-state index in [1.54, 1.807) is 12.3 Å². The number of aromatic nitrogens is 1. The van der Waals surface area contributed by atoms with Gasteiger partial charge >= 0.3 is 7.12 Å². The fourth-order valence-corrected chi connectivity index (χ4v) is 2.14. The lowest BCUT2D eigenvalue weighted by Gasteiger charge is -2.32. The van der Waals surface area contributed by atoms with Crippen molar-refractivity contribution in [2.24, 2.45) is 0 Å². The van der Waals surface area contributed by atoms with Gasteiger partial charge in [-0.25, -0.2) is 0 Å². The Morgan fingerprint density at radius 3 is 2.43 bits per heavy atom. The van der Waals surface area contributed by atoms with Gasteiger partial charge in [-0.1, -0.05) is 0 Å². The Bertz CT molecular complexity index is 553. The van der Waals surface area contributed by atoms with E-state index in [2.05, 4.69) is 4.98 Å². The summed E-state index contributed by atoms with van der Waals surface area (Å²) in [5.41, 5.74) is 0.257. The molecule has 2 heterocycles. The number of rotatable bonds is 4. The third-order valence-corrected chi connectivity index (χ3v) is 4.36. The van der Waals surface area contributed by atoms with E-state index in [1.165, 1.54) is 0 Å². The molecule has 1 aliphatic heterocycles. The SMILES string of the molecule is CC1(C)OB(c2cnc(C=O)cc2OC2CC2)OC1(C)C. The first-order valence-corrected chi connectivity index (χ1v) is 7.30.